The summed E-state index contributed by atoms with van der Waals surface area (Å²) in [7, 11) is 1.62. The molecule has 1 unspecified atom stereocenters. The van der Waals surface area contributed by atoms with Crippen molar-refractivity contribution in [1.82, 2.24) is 10.2 Å². The van der Waals surface area contributed by atoms with Crippen LogP contribution in [0.4, 0.5) is 4.79 Å². The molecule has 1 atom stereocenters. The number of alkyl halides is 1. The van der Waals surface area contributed by atoms with Gasteiger partial charge in [-0.05, 0) is 28.9 Å². The average Bonchev–Trinajstić information content (AvgIpc) is 2.63. The van der Waals surface area contributed by atoms with Crippen LogP contribution in [0, 0.1) is 0 Å². The summed E-state index contributed by atoms with van der Waals surface area (Å²) in [5.74, 6) is -0.490. The van der Waals surface area contributed by atoms with Crippen LogP contribution in [0.3, 0.4) is 0 Å². The summed E-state index contributed by atoms with van der Waals surface area (Å²) in [4.78, 5) is 25.3. The van der Waals surface area contributed by atoms with Crippen LogP contribution in [0.5, 0.6) is 0 Å². The van der Waals surface area contributed by atoms with Gasteiger partial charge in [0.1, 0.15) is 5.38 Å². The molecule has 4 nitrogen and oxygen atoms in total. The number of nitrogens with zero attached hydrogens (tertiary/aromatic N) is 1. The Morgan fingerprint density at radius 3 is 2.76 bits per heavy atom. The van der Waals surface area contributed by atoms with Gasteiger partial charge in [0.25, 0.3) is 0 Å². The Kier molecular flexibility index (Phi) is 5.42. The molecule has 0 bridgehead atoms. The summed E-state index contributed by atoms with van der Waals surface area (Å²) in [6.45, 7) is 1.96. The molecule has 94 valence electrons. The fraction of sp³-hybridized carbons (Fsp3) is 0.400. The second kappa shape index (κ2) is 6.37. The van der Waals surface area contributed by atoms with E-state index in [4.69, 9.17) is 11.6 Å². The fourth-order valence-electron chi connectivity index (χ4n) is 1.04. The first-order valence-corrected chi connectivity index (χ1v) is 6.94. The van der Waals surface area contributed by atoms with E-state index in [0.717, 1.165) is 9.35 Å². The van der Waals surface area contributed by atoms with Crippen LogP contribution >= 0.6 is 38.9 Å². The minimum Gasteiger partial charge on any atom is -0.322 e. The van der Waals surface area contributed by atoms with Gasteiger partial charge in [0.05, 0.1) is 6.54 Å². The van der Waals surface area contributed by atoms with E-state index in [-0.39, 0.29) is 0 Å². The zero-order chi connectivity index (χ0) is 13.0. The van der Waals surface area contributed by atoms with Gasteiger partial charge in [-0.1, -0.05) is 0 Å². The highest BCUT2D eigenvalue weighted by atomic mass is 79.9. The second-order valence-corrected chi connectivity index (χ2v) is 6.06. The molecule has 0 saturated heterocycles. The maximum absolute atomic E-state index is 11.6. The molecule has 0 aliphatic heterocycles. The van der Waals surface area contributed by atoms with Gasteiger partial charge in [-0.15, -0.1) is 22.9 Å². The number of thiophene rings is 1. The van der Waals surface area contributed by atoms with Crippen LogP contribution in [0.25, 0.3) is 0 Å². The molecular formula is C10H12BrClN2O2S. The third kappa shape index (κ3) is 4.65. The van der Waals surface area contributed by atoms with E-state index in [9.17, 15) is 9.59 Å². The Balaban J connectivity index is 2.50. The van der Waals surface area contributed by atoms with Gasteiger partial charge >= 0.3 is 6.03 Å². The van der Waals surface area contributed by atoms with Crippen LogP contribution < -0.4 is 5.32 Å². The lowest BCUT2D eigenvalue weighted by Gasteiger charge is -2.16. The Labute approximate surface area is 117 Å². The molecule has 1 rings (SSSR count). The highest BCUT2D eigenvalue weighted by Gasteiger charge is 2.16. The van der Waals surface area contributed by atoms with Crippen molar-refractivity contribution in [3.8, 4) is 0 Å². The normalized spacial score (nSPS) is 12.0. The van der Waals surface area contributed by atoms with Crippen molar-refractivity contribution in [3.05, 3.63) is 20.8 Å². The standard InChI is InChI=1S/C10H12BrClN2O2S/c1-6(12)9(15)13-10(16)14(2)4-8-3-7(11)5-17-8/h3,5-6H,4H2,1-2H3,(H,13,15,16). The highest BCUT2D eigenvalue weighted by Crippen LogP contribution is 2.20. The molecule has 0 aliphatic carbocycles. The molecule has 0 saturated carbocycles. The van der Waals surface area contributed by atoms with E-state index in [1.54, 1.807) is 18.4 Å². The zero-order valence-electron chi connectivity index (χ0n) is 9.37. The van der Waals surface area contributed by atoms with E-state index in [0.29, 0.717) is 6.54 Å². The molecule has 1 N–H and O–H groups in total. The molecule has 3 amide bonds. The SMILES string of the molecule is CC(Cl)C(=O)NC(=O)N(C)Cc1cc(Br)cs1. The van der Waals surface area contributed by atoms with Gasteiger partial charge in [-0.2, -0.15) is 0 Å². The number of rotatable bonds is 3. The van der Waals surface area contributed by atoms with Crippen molar-refractivity contribution < 1.29 is 9.59 Å². The Morgan fingerprint density at radius 1 is 1.65 bits per heavy atom. The number of amides is 3. The van der Waals surface area contributed by atoms with Crippen LogP contribution in [-0.2, 0) is 11.3 Å². The van der Waals surface area contributed by atoms with Crippen molar-refractivity contribution in [2.45, 2.75) is 18.8 Å². The third-order valence-corrected chi connectivity index (χ3v) is 3.83. The molecule has 17 heavy (non-hydrogen) atoms. The van der Waals surface area contributed by atoms with E-state index in [1.807, 2.05) is 11.4 Å². The van der Waals surface area contributed by atoms with Gasteiger partial charge in [-0.3, -0.25) is 10.1 Å². The summed E-state index contributed by atoms with van der Waals surface area (Å²) < 4.78 is 0.983. The monoisotopic (exact) mass is 338 g/mol. The molecule has 1 heterocycles. The molecule has 0 fully saturated rings. The predicted molar refractivity (Wildman–Crippen MR) is 72.3 cm³/mol. The summed E-state index contributed by atoms with van der Waals surface area (Å²) in [6, 6.07) is 1.48. The minimum absolute atomic E-state index is 0.450. The number of nitrogens with one attached hydrogen (secondary N) is 1. The van der Waals surface area contributed by atoms with Crippen molar-refractivity contribution >= 4 is 50.8 Å². The van der Waals surface area contributed by atoms with E-state index < -0.39 is 17.3 Å². The Bertz CT molecular complexity index is 422. The summed E-state index contributed by atoms with van der Waals surface area (Å²) >= 11 is 10.4. The summed E-state index contributed by atoms with van der Waals surface area (Å²) in [5, 5.41) is 3.43. The first-order chi connectivity index (χ1) is 7.90. The number of imide groups is 1. The fourth-order valence-corrected chi connectivity index (χ4v) is 2.60. The lowest BCUT2D eigenvalue weighted by atomic mass is 10.4. The van der Waals surface area contributed by atoms with Gasteiger partial charge in [-0.25, -0.2) is 4.79 Å². The second-order valence-electron chi connectivity index (χ2n) is 3.50. The van der Waals surface area contributed by atoms with Crippen LogP contribution in [-0.4, -0.2) is 29.3 Å². The maximum atomic E-state index is 11.6. The number of hydrogen-bond donors (Lipinski definition) is 1. The van der Waals surface area contributed by atoms with E-state index in [2.05, 4.69) is 21.2 Å². The first-order valence-electron chi connectivity index (χ1n) is 4.83. The Morgan fingerprint density at radius 2 is 2.29 bits per heavy atom. The number of halogens is 2. The van der Waals surface area contributed by atoms with Crippen LogP contribution in [0.15, 0.2) is 15.9 Å². The number of carbonyl (C=O) groups excluding carboxylic acids is 2. The molecule has 7 heteroatoms. The van der Waals surface area contributed by atoms with Crippen molar-refractivity contribution in [2.24, 2.45) is 0 Å². The number of carbonyl (C=O) groups is 2. The van der Waals surface area contributed by atoms with Crippen LogP contribution in [0.1, 0.15) is 11.8 Å². The van der Waals surface area contributed by atoms with E-state index in [1.165, 1.54) is 11.8 Å². The summed E-state index contributed by atoms with van der Waals surface area (Å²) in [5.41, 5.74) is 0. The summed E-state index contributed by atoms with van der Waals surface area (Å²) in [6.07, 6.45) is 0. The lowest BCUT2D eigenvalue weighted by Crippen LogP contribution is -2.42. The van der Waals surface area contributed by atoms with Gasteiger partial charge in [0.15, 0.2) is 0 Å². The minimum atomic E-state index is -0.719. The average molecular weight is 340 g/mol. The topological polar surface area (TPSA) is 49.4 Å². The molecule has 1 aromatic rings. The molecular weight excluding hydrogens is 328 g/mol. The molecule has 1 aromatic heterocycles. The molecule has 0 aromatic carbocycles. The highest BCUT2D eigenvalue weighted by molar-refractivity contribution is 9.10. The molecule has 0 spiro atoms. The quantitative estimate of drug-likeness (QED) is 0.861. The van der Waals surface area contributed by atoms with Crippen molar-refractivity contribution in [2.75, 3.05) is 7.05 Å². The van der Waals surface area contributed by atoms with Crippen LogP contribution in [0.2, 0.25) is 0 Å². The smallest absolute Gasteiger partial charge is 0.322 e. The van der Waals surface area contributed by atoms with E-state index >= 15 is 0 Å². The maximum Gasteiger partial charge on any atom is 0.324 e. The van der Waals surface area contributed by atoms with Gasteiger partial charge < -0.3 is 4.90 Å². The molecule has 0 radical (unpaired) electrons. The Hall–Kier alpha value is -0.590. The van der Waals surface area contributed by atoms with Gasteiger partial charge in [0.2, 0.25) is 5.91 Å². The zero-order valence-corrected chi connectivity index (χ0v) is 12.5. The predicted octanol–water partition coefficient (Wildman–Crippen LogP) is 2.81. The molecule has 0 aliphatic rings. The van der Waals surface area contributed by atoms with Crippen molar-refractivity contribution in [3.63, 3.8) is 0 Å². The van der Waals surface area contributed by atoms with Crippen molar-refractivity contribution in [1.29, 1.82) is 0 Å². The largest absolute Gasteiger partial charge is 0.324 e. The lowest BCUT2D eigenvalue weighted by molar-refractivity contribution is -0.119. The number of hydrogen-bond acceptors (Lipinski definition) is 3. The number of urea groups is 1. The third-order valence-electron chi connectivity index (χ3n) is 1.95. The van der Waals surface area contributed by atoms with Gasteiger partial charge in [0, 0.05) is 21.8 Å². The first kappa shape index (κ1) is 14.5.